The first-order valence-electron chi connectivity index (χ1n) is 7.02. The quantitative estimate of drug-likeness (QED) is 0.795. The van der Waals surface area contributed by atoms with E-state index in [-0.39, 0.29) is 5.91 Å². The molecule has 106 valence electrons. The van der Waals surface area contributed by atoms with E-state index in [0.29, 0.717) is 23.9 Å². The van der Waals surface area contributed by atoms with Gasteiger partial charge in [-0.2, -0.15) is 0 Å². The molecule has 1 aromatic rings. The summed E-state index contributed by atoms with van der Waals surface area (Å²) in [4.78, 5) is 16.2. The highest BCUT2D eigenvalue weighted by Gasteiger charge is 2.13. The van der Waals surface area contributed by atoms with E-state index in [1.54, 1.807) is 12.4 Å². The van der Waals surface area contributed by atoms with Crippen molar-refractivity contribution in [3.05, 3.63) is 24.0 Å². The second-order valence-corrected chi connectivity index (χ2v) is 5.28. The molecule has 1 heterocycles. The zero-order valence-corrected chi connectivity index (χ0v) is 12.4. The molecule has 0 radical (unpaired) electrons. The number of hydrogen-bond donors (Lipinski definition) is 2. The lowest BCUT2D eigenvalue weighted by Gasteiger charge is -2.17. The van der Waals surface area contributed by atoms with Crippen LogP contribution in [0.3, 0.4) is 0 Å². The number of rotatable bonds is 7. The van der Waals surface area contributed by atoms with Gasteiger partial charge < -0.3 is 10.6 Å². The van der Waals surface area contributed by atoms with E-state index >= 15 is 0 Å². The van der Waals surface area contributed by atoms with Gasteiger partial charge in [0.05, 0.1) is 11.3 Å². The maximum Gasteiger partial charge on any atom is 0.254 e. The van der Waals surface area contributed by atoms with Gasteiger partial charge >= 0.3 is 0 Å². The SMILES string of the molecule is CCCNc1ccncc1C(=O)NCC(C)C(C)C. The van der Waals surface area contributed by atoms with Crippen LogP contribution in [-0.4, -0.2) is 24.0 Å². The molecule has 1 rings (SSSR count). The molecule has 0 bridgehead atoms. The molecule has 0 aliphatic rings. The Morgan fingerprint density at radius 3 is 2.74 bits per heavy atom. The lowest BCUT2D eigenvalue weighted by atomic mass is 9.98. The third-order valence-corrected chi connectivity index (χ3v) is 3.35. The van der Waals surface area contributed by atoms with Gasteiger partial charge in [0.15, 0.2) is 0 Å². The molecule has 0 aliphatic carbocycles. The van der Waals surface area contributed by atoms with Crippen LogP contribution in [0, 0.1) is 11.8 Å². The van der Waals surface area contributed by atoms with Gasteiger partial charge in [0.2, 0.25) is 0 Å². The van der Waals surface area contributed by atoms with Crippen LogP contribution in [0.4, 0.5) is 5.69 Å². The standard InChI is InChI=1S/C15H25N3O/c1-5-7-17-14-6-8-16-10-13(14)15(19)18-9-12(4)11(2)3/h6,8,10-12H,5,7,9H2,1-4H3,(H,16,17)(H,18,19). The second kappa shape index (κ2) is 7.77. The number of carbonyl (C=O) groups excluding carboxylic acids is 1. The fraction of sp³-hybridized carbons (Fsp3) is 0.600. The Balaban J connectivity index is 2.65. The Kier molecular flexibility index (Phi) is 6.33. The third kappa shape index (κ3) is 4.89. The van der Waals surface area contributed by atoms with Gasteiger partial charge in [0, 0.05) is 25.5 Å². The monoisotopic (exact) mass is 263 g/mol. The van der Waals surface area contributed by atoms with E-state index < -0.39 is 0 Å². The van der Waals surface area contributed by atoms with Crippen molar-refractivity contribution < 1.29 is 4.79 Å². The molecule has 0 aliphatic heterocycles. The van der Waals surface area contributed by atoms with E-state index in [9.17, 15) is 4.79 Å². The predicted molar refractivity (Wildman–Crippen MR) is 79.4 cm³/mol. The minimum atomic E-state index is -0.0563. The van der Waals surface area contributed by atoms with E-state index in [4.69, 9.17) is 0 Å². The van der Waals surface area contributed by atoms with Gasteiger partial charge in [0.25, 0.3) is 5.91 Å². The number of nitrogens with one attached hydrogen (secondary N) is 2. The molecular formula is C15H25N3O. The first-order chi connectivity index (χ1) is 9.06. The van der Waals surface area contributed by atoms with Crippen LogP contribution in [0.1, 0.15) is 44.5 Å². The average Bonchev–Trinajstić information content (AvgIpc) is 2.42. The van der Waals surface area contributed by atoms with Crippen molar-refractivity contribution in [1.82, 2.24) is 10.3 Å². The number of aromatic nitrogens is 1. The van der Waals surface area contributed by atoms with Crippen molar-refractivity contribution in [2.45, 2.75) is 34.1 Å². The molecule has 19 heavy (non-hydrogen) atoms. The highest BCUT2D eigenvalue weighted by Crippen LogP contribution is 2.14. The Labute approximate surface area is 116 Å². The van der Waals surface area contributed by atoms with Gasteiger partial charge in [0.1, 0.15) is 0 Å². The number of anilines is 1. The summed E-state index contributed by atoms with van der Waals surface area (Å²) in [6.07, 6.45) is 4.34. The molecule has 0 aromatic carbocycles. The lowest BCUT2D eigenvalue weighted by molar-refractivity contribution is 0.0945. The van der Waals surface area contributed by atoms with Crippen LogP contribution >= 0.6 is 0 Å². The fourth-order valence-corrected chi connectivity index (χ4v) is 1.57. The number of hydrogen-bond acceptors (Lipinski definition) is 3. The molecule has 4 nitrogen and oxygen atoms in total. The van der Waals surface area contributed by atoms with Crippen molar-refractivity contribution in [1.29, 1.82) is 0 Å². The van der Waals surface area contributed by atoms with Crippen molar-refractivity contribution in [3.63, 3.8) is 0 Å². The van der Waals surface area contributed by atoms with Crippen LogP contribution < -0.4 is 10.6 Å². The van der Waals surface area contributed by atoms with Gasteiger partial charge in [-0.15, -0.1) is 0 Å². The summed E-state index contributed by atoms with van der Waals surface area (Å²) < 4.78 is 0. The van der Waals surface area contributed by atoms with E-state index in [1.807, 2.05) is 6.07 Å². The number of pyridine rings is 1. The predicted octanol–water partition coefficient (Wildman–Crippen LogP) is 2.93. The molecule has 1 unspecified atom stereocenters. The lowest BCUT2D eigenvalue weighted by Crippen LogP contribution is -2.30. The molecule has 0 saturated heterocycles. The van der Waals surface area contributed by atoms with Crippen LogP contribution in [-0.2, 0) is 0 Å². The zero-order valence-electron chi connectivity index (χ0n) is 12.4. The van der Waals surface area contributed by atoms with Crippen molar-refractivity contribution >= 4 is 11.6 Å². The van der Waals surface area contributed by atoms with Crippen LogP contribution in [0.2, 0.25) is 0 Å². The molecule has 0 spiro atoms. The maximum absolute atomic E-state index is 12.2. The summed E-state index contributed by atoms with van der Waals surface area (Å²) in [7, 11) is 0. The molecule has 1 aromatic heterocycles. The highest BCUT2D eigenvalue weighted by molar-refractivity contribution is 5.99. The normalized spacial score (nSPS) is 12.3. The summed E-state index contributed by atoms with van der Waals surface area (Å²) in [6, 6.07) is 1.84. The average molecular weight is 263 g/mol. The van der Waals surface area contributed by atoms with Crippen LogP contribution in [0.15, 0.2) is 18.5 Å². The Morgan fingerprint density at radius 1 is 1.37 bits per heavy atom. The molecule has 4 heteroatoms. The fourth-order valence-electron chi connectivity index (χ4n) is 1.57. The molecule has 1 amide bonds. The van der Waals surface area contributed by atoms with E-state index in [0.717, 1.165) is 18.7 Å². The third-order valence-electron chi connectivity index (χ3n) is 3.35. The molecule has 0 saturated carbocycles. The Morgan fingerprint density at radius 2 is 2.11 bits per heavy atom. The van der Waals surface area contributed by atoms with Gasteiger partial charge in [-0.05, 0) is 24.3 Å². The molecular weight excluding hydrogens is 238 g/mol. The van der Waals surface area contributed by atoms with Gasteiger partial charge in [-0.3, -0.25) is 9.78 Å². The Hall–Kier alpha value is -1.58. The van der Waals surface area contributed by atoms with E-state index in [2.05, 4.69) is 43.3 Å². The first kappa shape index (κ1) is 15.5. The minimum Gasteiger partial charge on any atom is -0.384 e. The largest absolute Gasteiger partial charge is 0.384 e. The van der Waals surface area contributed by atoms with Gasteiger partial charge in [-0.25, -0.2) is 0 Å². The zero-order chi connectivity index (χ0) is 14.3. The summed E-state index contributed by atoms with van der Waals surface area (Å²) >= 11 is 0. The van der Waals surface area contributed by atoms with Gasteiger partial charge in [-0.1, -0.05) is 27.7 Å². The molecule has 1 atom stereocenters. The summed E-state index contributed by atoms with van der Waals surface area (Å²) in [5.41, 5.74) is 1.47. The number of amides is 1. The van der Waals surface area contributed by atoms with Crippen molar-refractivity contribution in [2.24, 2.45) is 11.8 Å². The molecule has 0 fully saturated rings. The van der Waals surface area contributed by atoms with E-state index in [1.165, 1.54) is 0 Å². The second-order valence-electron chi connectivity index (χ2n) is 5.28. The van der Waals surface area contributed by atoms with Crippen LogP contribution in [0.25, 0.3) is 0 Å². The number of carbonyl (C=O) groups is 1. The van der Waals surface area contributed by atoms with Crippen molar-refractivity contribution in [3.8, 4) is 0 Å². The Bertz CT molecular complexity index is 404. The summed E-state index contributed by atoms with van der Waals surface area (Å²) in [6.45, 7) is 10.1. The summed E-state index contributed by atoms with van der Waals surface area (Å²) in [5.74, 6) is 0.971. The smallest absolute Gasteiger partial charge is 0.254 e. The van der Waals surface area contributed by atoms with Crippen LogP contribution in [0.5, 0.6) is 0 Å². The summed E-state index contributed by atoms with van der Waals surface area (Å²) in [5, 5.41) is 6.23. The topological polar surface area (TPSA) is 54.0 Å². The number of nitrogens with zero attached hydrogens (tertiary/aromatic N) is 1. The van der Waals surface area contributed by atoms with Crippen molar-refractivity contribution in [2.75, 3.05) is 18.4 Å². The molecule has 2 N–H and O–H groups in total. The minimum absolute atomic E-state index is 0.0563. The maximum atomic E-state index is 12.2. The first-order valence-corrected chi connectivity index (χ1v) is 7.02. The highest BCUT2D eigenvalue weighted by atomic mass is 16.1.